The average molecular weight is 246 g/mol. The van der Waals surface area contributed by atoms with E-state index >= 15 is 0 Å². The second-order valence-electron chi connectivity index (χ2n) is 6.00. The summed E-state index contributed by atoms with van der Waals surface area (Å²) in [6.45, 7) is 6.02. The van der Waals surface area contributed by atoms with Crippen LogP contribution < -0.4 is 0 Å². The van der Waals surface area contributed by atoms with Gasteiger partial charge in [-0.25, -0.2) is 0 Å². The van der Waals surface area contributed by atoms with Crippen LogP contribution in [0.25, 0.3) is 0 Å². The van der Waals surface area contributed by atoms with Gasteiger partial charge in [-0.05, 0) is 27.2 Å². The molecule has 1 heterocycles. The Morgan fingerprint density at radius 1 is 1.50 bits per heavy atom. The van der Waals surface area contributed by atoms with Gasteiger partial charge in [-0.1, -0.05) is 23.3 Å². The predicted octanol–water partition coefficient (Wildman–Crippen LogP) is 2.42. The van der Waals surface area contributed by atoms with Crippen LogP contribution in [0.4, 0.5) is 0 Å². The van der Waals surface area contributed by atoms with Crippen LogP contribution in [-0.2, 0) is 14.3 Å². The molecule has 1 saturated heterocycles. The lowest BCUT2D eigenvalue weighted by atomic mass is 9.58. The van der Waals surface area contributed by atoms with E-state index in [1.165, 1.54) is 0 Å². The maximum Gasteiger partial charge on any atom is 0.310 e. The molecule has 0 aromatic carbocycles. The molecular formula is C15H18O3. The molecule has 3 nitrogen and oxygen atoms in total. The number of hydrogen-bond acceptors (Lipinski definition) is 3. The fourth-order valence-corrected chi connectivity index (χ4v) is 3.78. The van der Waals surface area contributed by atoms with Gasteiger partial charge >= 0.3 is 5.97 Å². The lowest BCUT2D eigenvalue weighted by Gasteiger charge is -2.43. The van der Waals surface area contributed by atoms with Gasteiger partial charge < -0.3 is 4.74 Å². The highest BCUT2D eigenvalue weighted by molar-refractivity contribution is 6.00. The lowest BCUT2D eigenvalue weighted by Crippen LogP contribution is -2.54. The fourth-order valence-electron chi connectivity index (χ4n) is 3.78. The molecular weight excluding hydrogens is 228 g/mol. The number of hydrogen-bond donors (Lipinski definition) is 0. The Bertz CT molecular complexity index is 496. The van der Waals surface area contributed by atoms with Gasteiger partial charge in [-0.3, -0.25) is 9.59 Å². The summed E-state index contributed by atoms with van der Waals surface area (Å²) >= 11 is 0. The number of rotatable bonds is 2. The Labute approximate surface area is 107 Å². The van der Waals surface area contributed by atoms with Crippen LogP contribution >= 0.6 is 0 Å². The van der Waals surface area contributed by atoms with Crippen molar-refractivity contribution in [3.05, 3.63) is 23.3 Å². The number of carbonyl (C=O) groups excluding carboxylic acids is 2. The lowest BCUT2D eigenvalue weighted by molar-refractivity contribution is -0.159. The molecule has 1 aliphatic heterocycles. The van der Waals surface area contributed by atoms with Crippen molar-refractivity contribution >= 4 is 11.8 Å². The van der Waals surface area contributed by atoms with Gasteiger partial charge in [0.25, 0.3) is 0 Å². The van der Waals surface area contributed by atoms with Crippen LogP contribution in [0.5, 0.6) is 0 Å². The molecule has 4 bridgehead atoms. The Kier molecular flexibility index (Phi) is 2.31. The summed E-state index contributed by atoms with van der Waals surface area (Å²) in [5, 5.41) is 0. The SMILES string of the molecule is CC(C)=CCC12OC(=O)[C@@H]3C[C@@H](C=C(C)[C@@H]31)C2=O. The highest BCUT2D eigenvalue weighted by atomic mass is 16.6. The molecule has 0 radical (unpaired) electrons. The van der Waals surface area contributed by atoms with Crippen molar-refractivity contribution in [1.82, 2.24) is 0 Å². The molecule has 0 aromatic heterocycles. The number of allylic oxidation sites excluding steroid dienone is 2. The summed E-state index contributed by atoms with van der Waals surface area (Å²) in [5.41, 5.74) is 1.42. The van der Waals surface area contributed by atoms with Crippen molar-refractivity contribution in [2.45, 2.75) is 39.2 Å². The van der Waals surface area contributed by atoms with Crippen LogP contribution in [-0.4, -0.2) is 17.4 Å². The molecule has 1 saturated carbocycles. The van der Waals surface area contributed by atoms with Gasteiger partial charge in [0.05, 0.1) is 5.92 Å². The summed E-state index contributed by atoms with van der Waals surface area (Å²) in [4.78, 5) is 24.5. The Morgan fingerprint density at radius 3 is 2.89 bits per heavy atom. The van der Waals surface area contributed by atoms with Gasteiger partial charge in [0.1, 0.15) is 0 Å². The number of carbonyl (C=O) groups is 2. The standard InChI is InChI=1S/C15H18O3/c1-8(2)4-5-15-12-9(3)6-10(13(15)16)7-11(12)14(17)18-15/h4,6,10-12H,5,7H2,1-3H3/t10-,11-,12+,15?/m1/s1. The first-order valence-electron chi connectivity index (χ1n) is 6.54. The third-order valence-corrected chi connectivity index (χ3v) is 4.52. The zero-order valence-corrected chi connectivity index (χ0v) is 11.0. The summed E-state index contributed by atoms with van der Waals surface area (Å²) in [7, 11) is 0. The van der Waals surface area contributed by atoms with Gasteiger partial charge in [0, 0.05) is 18.3 Å². The molecule has 3 aliphatic carbocycles. The van der Waals surface area contributed by atoms with E-state index in [4.69, 9.17) is 4.74 Å². The summed E-state index contributed by atoms with van der Waals surface area (Å²) < 4.78 is 5.57. The Hall–Kier alpha value is -1.38. The van der Waals surface area contributed by atoms with Crippen molar-refractivity contribution in [3.63, 3.8) is 0 Å². The molecule has 4 rings (SSSR count). The van der Waals surface area contributed by atoms with Crippen molar-refractivity contribution in [2.24, 2.45) is 17.8 Å². The number of ketones is 1. The second-order valence-corrected chi connectivity index (χ2v) is 6.00. The maximum absolute atomic E-state index is 12.5. The zero-order chi connectivity index (χ0) is 13.1. The highest BCUT2D eigenvalue weighted by Gasteiger charge is 2.66. The molecule has 0 N–H and O–H groups in total. The van der Waals surface area contributed by atoms with Crippen LogP contribution in [0, 0.1) is 17.8 Å². The monoisotopic (exact) mass is 246 g/mol. The molecule has 96 valence electrons. The van der Waals surface area contributed by atoms with E-state index < -0.39 is 5.60 Å². The van der Waals surface area contributed by atoms with Gasteiger partial charge in [0.2, 0.25) is 0 Å². The van der Waals surface area contributed by atoms with Crippen LogP contribution in [0.1, 0.15) is 33.6 Å². The number of ether oxygens (including phenoxy) is 1. The fraction of sp³-hybridized carbons (Fsp3) is 0.600. The minimum Gasteiger partial charge on any atom is -0.450 e. The molecule has 0 spiro atoms. The van der Waals surface area contributed by atoms with Crippen molar-refractivity contribution < 1.29 is 14.3 Å². The van der Waals surface area contributed by atoms with Gasteiger partial charge in [0.15, 0.2) is 11.4 Å². The average Bonchev–Trinajstić information content (AvgIpc) is 2.56. The molecule has 1 unspecified atom stereocenters. The van der Waals surface area contributed by atoms with Crippen molar-refractivity contribution in [1.29, 1.82) is 0 Å². The third kappa shape index (κ3) is 1.30. The van der Waals surface area contributed by atoms with Gasteiger partial charge in [-0.15, -0.1) is 0 Å². The van der Waals surface area contributed by atoms with Gasteiger partial charge in [-0.2, -0.15) is 0 Å². The highest BCUT2D eigenvalue weighted by Crippen LogP contribution is 2.56. The van der Waals surface area contributed by atoms with Crippen molar-refractivity contribution in [2.75, 3.05) is 0 Å². The predicted molar refractivity (Wildman–Crippen MR) is 66.7 cm³/mol. The first-order valence-corrected chi connectivity index (χ1v) is 6.54. The van der Waals surface area contributed by atoms with Crippen molar-refractivity contribution in [3.8, 4) is 0 Å². The van der Waals surface area contributed by atoms with E-state index in [2.05, 4.69) is 0 Å². The molecule has 4 atom stereocenters. The summed E-state index contributed by atoms with van der Waals surface area (Å²) in [6, 6.07) is 0. The Balaban J connectivity index is 2.08. The molecule has 4 aliphatic rings. The second kappa shape index (κ2) is 3.56. The van der Waals surface area contributed by atoms with Crippen LogP contribution in [0.15, 0.2) is 23.3 Å². The topological polar surface area (TPSA) is 43.4 Å². The first-order chi connectivity index (χ1) is 8.45. The quantitative estimate of drug-likeness (QED) is 0.555. The largest absolute Gasteiger partial charge is 0.450 e. The number of Topliss-reactive ketones (excluding diaryl/α,β-unsaturated/α-hetero) is 1. The molecule has 0 amide bonds. The normalized spacial score (nSPS) is 40.6. The van der Waals surface area contributed by atoms with E-state index in [-0.39, 0.29) is 29.5 Å². The third-order valence-electron chi connectivity index (χ3n) is 4.52. The molecule has 3 heteroatoms. The zero-order valence-electron chi connectivity index (χ0n) is 11.0. The van der Waals surface area contributed by atoms with Crippen LogP contribution in [0.3, 0.4) is 0 Å². The Morgan fingerprint density at radius 2 is 2.22 bits per heavy atom. The maximum atomic E-state index is 12.5. The van der Waals surface area contributed by atoms with E-state index in [1.807, 2.05) is 32.9 Å². The number of esters is 1. The van der Waals surface area contributed by atoms with Crippen LogP contribution in [0.2, 0.25) is 0 Å². The van der Waals surface area contributed by atoms with E-state index in [9.17, 15) is 9.59 Å². The minimum absolute atomic E-state index is 0.0295. The van der Waals surface area contributed by atoms with E-state index in [0.717, 1.165) is 11.1 Å². The first kappa shape index (κ1) is 11.7. The molecule has 18 heavy (non-hydrogen) atoms. The van der Waals surface area contributed by atoms with E-state index in [0.29, 0.717) is 12.8 Å². The smallest absolute Gasteiger partial charge is 0.310 e. The molecule has 0 aromatic rings. The van der Waals surface area contributed by atoms with E-state index in [1.54, 1.807) is 0 Å². The minimum atomic E-state index is -0.888. The summed E-state index contributed by atoms with van der Waals surface area (Å²) in [5.74, 6) is -0.304. The summed E-state index contributed by atoms with van der Waals surface area (Å²) in [6.07, 6.45) is 5.23. The molecule has 2 fully saturated rings.